The van der Waals surface area contributed by atoms with E-state index >= 15 is 0 Å². The molecule has 1 aliphatic rings. The zero-order valence-corrected chi connectivity index (χ0v) is 12.1. The topological polar surface area (TPSA) is 29.5 Å². The van der Waals surface area contributed by atoms with Crippen molar-refractivity contribution in [2.45, 2.75) is 24.6 Å². The van der Waals surface area contributed by atoms with Gasteiger partial charge in [-0.05, 0) is 37.5 Å². The number of carbonyl (C=O) groups is 1. The molecule has 1 aromatic rings. The van der Waals surface area contributed by atoms with Crippen molar-refractivity contribution < 1.29 is 9.53 Å². The third kappa shape index (κ3) is 3.48. The quantitative estimate of drug-likeness (QED) is 0.800. The highest BCUT2D eigenvalue weighted by Gasteiger charge is 2.25. The van der Waals surface area contributed by atoms with Crippen LogP contribution in [0.1, 0.15) is 18.4 Å². The molecular formula is C14H18BrNO2. The SMILES string of the molecule is Cc1cccc(OCCN2CCCC(Br)C2=O)c1. The summed E-state index contributed by atoms with van der Waals surface area (Å²) < 4.78 is 5.66. The van der Waals surface area contributed by atoms with Crippen LogP contribution in [0.4, 0.5) is 0 Å². The lowest BCUT2D eigenvalue weighted by Gasteiger charge is -2.29. The molecule has 0 N–H and O–H groups in total. The van der Waals surface area contributed by atoms with Gasteiger partial charge < -0.3 is 9.64 Å². The van der Waals surface area contributed by atoms with E-state index in [1.807, 2.05) is 36.1 Å². The zero-order chi connectivity index (χ0) is 13.0. The number of hydrogen-bond donors (Lipinski definition) is 0. The molecule has 4 heteroatoms. The highest BCUT2D eigenvalue weighted by molar-refractivity contribution is 9.10. The Kier molecular flexibility index (Phi) is 4.64. The van der Waals surface area contributed by atoms with Gasteiger partial charge in [0.15, 0.2) is 0 Å². The van der Waals surface area contributed by atoms with Crippen molar-refractivity contribution in [1.29, 1.82) is 0 Å². The number of nitrogens with zero attached hydrogens (tertiary/aromatic N) is 1. The fraction of sp³-hybridized carbons (Fsp3) is 0.500. The Labute approximate surface area is 116 Å². The average molecular weight is 312 g/mol. The van der Waals surface area contributed by atoms with Crippen LogP contribution in [0.5, 0.6) is 5.75 Å². The molecule has 0 radical (unpaired) electrons. The summed E-state index contributed by atoms with van der Waals surface area (Å²) in [6.45, 7) is 4.10. The van der Waals surface area contributed by atoms with Gasteiger partial charge in [-0.3, -0.25) is 4.79 Å². The first-order chi connectivity index (χ1) is 8.66. The van der Waals surface area contributed by atoms with Crippen molar-refractivity contribution in [1.82, 2.24) is 4.90 Å². The van der Waals surface area contributed by atoms with E-state index in [0.29, 0.717) is 13.2 Å². The minimum Gasteiger partial charge on any atom is -0.492 e. The molecule has 0 saturated carbocycles. The minimum absolute atomic E-state index is 0.00906. The van der Waals surface area contributed by atoms with Crippen LogP contribution in [0.25, 0.3) is 0 Å². The van der Waals surface area contributed by atoms with Gasteiger partial charge >= 0.3 is 0 Å². The molecule has 98 valence electrons. The van der Waals surface area contributed by atoms with Gasteiger partial charge in [-0.25, -0.2) is 0 Å². The number of hydrogen-bond acceptors (Lipinski definition) is 2. The van der Waals surface area contributed by atoms with Gasteiger partial charge in [0, 0.05) is 6.54 Å². The Morgan fingerprint density at radius 1 is 1.50 bits per heavy atom. The van der Waals surface area contributed by atoms with Crippen LogP contribution in [0, 0.1) is 6.92 Å². The molecule has 2 rings (SSSR count). The first-order valence-electron chi connectivity index (χ1n) is 6.29. The smallest absolute Gasteiger partial charge is 0.236 e. The average Bonchev–Trinajstić information content (AvgIpc) is 2.35. The summed E-state index contributed by atoms with van der Waals surface area (Å²) in [7, 11) is 0. The molecular weight excluding hydrogens is 294 g/mol. The maximum Gasteiger partial charge on any atom is 0.236 e. The van der Waals surface area contributed by atoms with E-state index < -0.39 is 0 Å². The molecule has 1 heterocycles. The van der Waals surface area contributed by atoms with E-state index in [1.165, 1.54) is 5.56 Å². The number of alkyl halides is 1. The largest absolute Gasteiger partial charge is 0.492 e. The standard InChI is InChI=1S/C14H18BrNO2/c1-11-4-2-5-12(10-11)18-9-8-16-7-3-6-13(15)14(16)17/h2,4-5,10,13H,3,6-9H2,1H3. The zero-order valence-electron chi connectivity index (χ0n) is 10.6. The molecule has 1 unspecified atom stereocenters. The molecule has 0 spiro atoms. The van der Waals surface area contributed by atoms with E-state index in [4.69, 9.17) is 4.74 Å². The molecule has 0 bridgehead atoms. The van der Waals surface area contributed by atoms with Gasteiger partial charge in [0.25, 0.3) is 0 Å². The lowest BCUT2D eigenvalue weighted by atomic mass is 10.1. The summed E-state index contributed by atoms with van der Waals surface area (Å²) in [6, 6.07) is 7.96. The third-order valence-corrected chi connectivity index (χ3v) is 3.93. The lowest BCUT2D eigenvalue weighted by molar-refractivity contribution is -0.132. The van der Waals surface area contributed by atoms with Crippen molar-refractivity contribution in [3.63, 3.8) is 0 Å². The van der Waals surface area contributed by atoms with Crippen molar-refractivity contribution in [3.8, 4) is 5.75 Å². The Bertz CT molecular complexity index is 422. The van der Waals surface area contributed by atoms with Crippen LogP contribution in [-0.2, 0) is 4.79 Å². The van der Waals surface area contributed by atoms with Crippen LogP contribution in [0.2, 0.25) is 0 Å². The molecule has 1 aromatic carbocycles. The summed E-state index contributed by atoms with van der Waals surface area (Å²) in [4.78, 5) is 13.7. The molecule has 1 atom stereocenters. The molecule has 1 saturated heterocycles. The molecule has 0 aromatic heterocycles. The predicted octanol–water partition coefficient (Wildman–Crippen LogP) is 2.76. The Morgan fingerprint density at radius 2 is 2.33 bits per heavy atom. The van der Waals surface area contributed by atoms with E-state index in [1.54, 1.807) is 0 Å². The van der Waals surface area contributed by atoms with E-state index in [0.717, 1.165) is 25.1 Å². The Hall–Kier alpha value is -1.03. The van der Waals surface area contributed by atoms with Crippen LogP contribution >= 0.6 is 15.9 Å². The van der Waals surface area contributed by atoms with Crippen LogP contribution in [0.3, 0.4) is 0 Å². The number of ether oxygens (including phenoxy) is 1. The van der Waals surface area contributed by atoms with Crippen LogP contribution in [0.15, 0.2) is 24.3 Å². The summed E-state index contributed by atoms with van der Waals surface area (Å²) in [5.74, 6) is 1.06. The second kappa shape index (κ2) is 6.23. The Balaban J connectivity index is 1.80. The van der Waals surface area contributed by atoms with Gasteiger partial charge in [-0.1, -0.05) is 28.1 Å². The summed E-state index contributed by atoms with van der Waals surface area (Å²) in [5, 5.41) is 0. The summed E-state index contributed by atoms with van der Waals surface area (Å²) in [6.07, 6.45) is 2.00. The Morgan fingerprint density at radius 3 is 3.11 bits per heavy atom. The number of amides is 1. The van der Waals surface area contributed by atoms with Gasteiger partial charge in [0.2, 0.25) is 5.91 Å². The second-order valence-corrected chi connectivity index (χ2v) is 5.71. The summed E-state index contributed by atoms with van der Waals surface area (Å²) in [5.41, 5.74) is 1.18. The van der Waals surface area contributed by atoms with E-state index in [-0.39, 0.29) is 10.7 Å². The van der Waals surface area contributed by atoms with Crippen molar-refractivity contribution in [2.24, 2.45) is 0 Å². The number of piperidine rings is 1. The molecule has 1 fully saturated rings. The fourth-order valence-corrected chi connectivity index (χ4v) is 2.71. The van der Waals surface area contributed by atoms with Gasteiger partial charge in [0.1, 0.15) is 12.4 Å². The highest BCUT2D eigenvalue weighted by atomic mass is 79.9. The van der Waals surface area contributed by atoms with Gasteiger partial charge in [0.05, 0.1) is 11.4 Å². The first kappa shape index (κ1) is 13.4. The lowest BCUT2D eigenvalue weighted by Crippen LogP contribution is -2.43. The van der Waals surface area contributed by atoms with Crippen molar-refractivity contribution in [3.05, 3.63) is 29.8 Å². The van der Waals surface area contributed by atoms with Crippen LogP contribution in [-0.4, -0.2) is 35.3 Å². The molecule has 3 nitrogen and oxygen atoms in total. The van der Waals surface area contributed by atoms with Crippen molar-refractivity contribution in [2.75, 3.05) is 19.7 Å². The number of likely N-dealkylation sites (tertiary alicyclic amines) is 1. The predicted molar refractivity (Wildman–Crippen MR) is 75.2 cm³/mol. The third-order valence-electron chi connectivity index (χ3n) is 3.08. The second-order valence-electron chi connectivity index (χ2n) is 4.60. The minimum atomic E-state index is -0.00906. The molecule has 0 aliphatic carbocycles. The highest BCUT2D eigenvalue weighted by Crippen LogP contribution is 2.18. The first-order valence-corrected chi connectivity index (χ1v) is 7.21. The summed E-state index contributed by atoms with van der Waals surface area (Å²) >= 11 is 3.41. The normalized spacial score (nSPS) is 20.0. The number of carbonyl (C=O) groups excluding carboxylic acids is 1. The maximum absolute atomic E-state index is 11.8. The molecule has 1 amide bonds. The van der Waals surface area contributed by atoms with E-state index in [2.05, 4.69) is 15.9 Å². The number of rotatable bonds is 4. The van der Waals surface area contributed by atoms with Gasteiger partial charge in [-0.15, -0.1) is 0 Å². The molecule has 18 heavy (non-hydrogen) atoms. The number of aryl methyl sites for hydroxylation is 1. The number of benzene rings is 1. The van der Waals surface area contributed by atoms with E-state index in [9.17, 15) is 4.79 Å². The van der Waals surface area contributed by atoms with Crippen molar-refractivity contribution >= 4 is 21.8 Å². The number of halogens is 1. The van der Waals surface area contributed by atoms with Gasteiger partial charge in [-0.2, -0.15) is 0 Å². The monoisotopic (exact) mass is 311 g/mol. The fourth-order valence-electron chi connectivity index (χ4n) is 2.09. The van der Waals surface area contributed by atoms with Crippen LogP contribution < -0.4 is 4.74 Å². The molecule has 1 aliphatic heterocycles. The maximum atomic E-state index is 11.8.